The molecule has 3 rings (SSSR count). The SMILES string of the molecule is C[C@@H]1CC(=O)NN=C1C1C=CC(c2cncnc2)=CC1. The summed E-state index contributed by atoms with van der Waals surface area (Å²) in [5.41, 5.74) is 5.79. The minimum Gasteiger partial charge on any atom is -0.273 e. The Bertz CT molecular complexity index is 604. The number of rotatable bonds is 2. The summed E-state index contributed by atoms with van der Waals surface area (Å²) in [6.07, 6.45) is 13.0. The van der Waals surface area contributed by atoms with E-state index in [1.54, 1.807) is 0 Å². The van der Waals surface area contributed by atoms with Crippen LogP contribution in [0.5, 0.6) is 0 Å². The molecule has 0 saturated heterocycles. The Balaban J connectivity index is 1.75. The third-order valence-electron chi connectivity index (χ3n) is 3.68. The monoisotopic (exact) mass is 268 g/mol. The summed E-state index contributed by atoms with van der Waals surface area (Å²) >= 11 is 0. The van der Waals surface area contributed by atoms with Gasteiger partial charge in [0, 0.05) is 41.9 Å². The summed E-state index contributed by atoms with van der Waals surface area (Å²) in [5, 5.41) is 4.22. The van der Waals surface area contributed by atoms with Crippen molar-refractivity contribution in [2.24, 2.45) is 16.9 Å². The van der Waals surface area contributed by atoms with Gasteiger partial charge < -0.3 is 0 Å². The summed E-state index contributed by atoms with van der Waals surface area (Å²) < 4.78 is 0. The molecule has 0 radical (unpaired) electrons. The van der Waals surface area contributed by atoms with Crippen LogP contribution in [0.15, 0.2) is 42.1 Å². The molecule has 0 saturated carbocycles. The lowest BCUT2D eigenvalue weighted by Crippen LogP contribution is -2.35. The number of hydrogen-bond acceptors (Lipinski definition) is 4. The van der Waals surface area contributed by atoms with Crippen LogP contribution in [0.25, 0.3) is 5.57 Å². The molecule has 2 heterocycles. The first kappa shape index (κ1) is 12.7. The van der Waals surface area contributed by atoms with Gasteiger partial charge in [-0.2, -0.15) is 5.10 Å². The first-order valence-electron chi connectivity index (χ1n) is 6.74. The highest BCUT2D eigenvalue weighted by molar-refractivity contribution is 5.97. The van der Waals surface area contributed by atoms with Gasteiger partial charge in [0.05, 0.1) is 0 Å². The van der Waals surface area contributed by atoms with E-state index in [2.05, 4.69) is 45.6 Å². The van der Waals surface area contributed by atoms with Crippen LogP contribution in [0.3, 0.4) is 0 Å². The molecule has 5 nitrogen and oxygen atoms in total. The van der Waals surface area contributed by atoms with Crippen molar-refractivity contribution in [3.63, 3.8) is 0 Å². The van der Waals surface area contributed by atoms with Gasteiger partial charge >= 0.3 is 0 Å². The van der Waals surface area contributed by atoms with Crippen molar-refractivity contribution < 1.29 is 4.79 Å². The van der Waals surface area contributed by atoms with Crippen molar-refractivity contribution in [3.05, 3.63) is 42.5 Å². The lowest BCUT2D eigenvalue weighted by molar-refractivity contribution is -0.121. The molecule has 1 unspecified atom stereocenters. The number of aromatic nitrogens is 2. The molecule has 2 atom stereocenters. The van der Waals surface area contributed by atoms with Crippen molar-refractivity contribution in [2.75, 3.05) is 0 Å². The molecule has 5 heteroatoms. The summed E-state index contributed by atoms with van der Waals surface area (Å²) in [4.78, 5) is 19.3. The van der Waals surface area contributed by atoms with Crippen molar-refractivity contribution in [2.45, 2.75) is 19.8 Å². The molecule has 1 aromatic rings. The van der Waals surface area contributed by atoms with E-state index in [9.17, 15) is 4.79 Å². The molecule has 1 aliphatic carbocycles. The van der Waals surface area contributed by atoms with Crippen LogP contribution in [-0.2, 0) is 4.79 Å². The van der Waals surface area contributed by atoms with Gasteiger partial charge in [-0.05, 0) is 12.0 Å². The Morgan fingerprint density at radius 3 is 2.75 bits per heavy atom. The molecule has 1 amide bonds. The standard InChI is InChI=1S/C15H16N4O/c1-10-6-14(20)18-19-15(10)12-4-2-11(3-5-12)13-7-16-9-17-8-13/h2-4,7-10,12H,5-6H2,1H3,(H,18,20)/t10-,12?/m1/s1. The zero-order valence-electron chi connectivity index (χ0n) is 11.3. The number of hydrazone groups is 1. The van der Waals surface area contributed by atoms with E-state index in [0.717, 1.165) is 23.3 Å². The molecule has 102 valence electrons. The first-order valence-corrected chi connectivity index (χ1v) is 6.74. The summed E-state index contributed by atoms with van der Waals surface area (Å²) in [7, 11) is 0. The number of carbonyl (C=O) groups is 1. The second-order valence-electron chi connectivity index (χ2n) is 5.16. The van der Waals surface area contributed by atoms with Gasteiger partial charge in [0.2, 0.25) is 5.91 Å². The third kappa shape index (κ3) is 2.52. The molecule has 0 spiro atoms. The van der Waals surface area contributed by atoms with Crippen LogP contribution in [0.2, 0.25) is 0 Å². The fraction of sp³-hybridized carbons (Fsp3) is 0.333. The number of amides is 1. The van der Waals surface area contributed by atoms with Gasteiger partial charge in [0.1, 0.15) is 6.33 Å². The van der Waals surface area contributed by atoms with E-state index in [1.165, 1.54) is 6.33 Å². The molecule has 2 aliphatic rings. The minimum absolute atomic E-state index is 0.00120. The van der Waals surface area contributed by atoms with E-state index in [4.69, 9.17) is 0 Å². The molecule has 0 aromatic carbocycles. The first-order chi connectivity index (χ1) is 9.74. The average molecular weight is 268 g/mol. The van der Waals surface area contributed by atoms with Crippen molar-refractivity contribution in [3.8, 4) is 0 Å². The molecule has 1 N–H and O–H groups in total. The summed E-state index contributed by atoms with van der Waals surface area (Å²) in [5.74, 6) is 0.464. The van der Waals surface area contributed by atoms with E-state index in [-0.39, 0.29) is 17.7 Å². The number of nitrogens with zero attached hydrogens (tertiary/aromatic N) is 3. The number of carbonyl (C=O) groups excluding carboxylic acids is 1. The van der Waals surface area contributed by atoms with Crippen LogP contribution in [0.4, 0.5) is 0 Å². The lowest BCUT2D eigenvalue weighted by Gasteiger charge is -2.25. The number of hydrogen-bond donors (Lipinski definition) is 1. The fourth-order valence-electron chi connectivity index (χ4n) is 2.62. The van der Waals surface area contributed by atoms with Crippen molar-refractivity contribution in [1.29, 1.82) is 0 Å². The molecule has 1 aliphatic heterocycles. The highest BCUT2D eigenvalue weighted by Gasteiger charge is 2.26. The number of allylic oxidation sites excluding steroid dienone is 4. The predicted octanol–water partition coefficient (Wildman–Crippen LogP) is 1.95. The largest absolute Gasteiger partial charge is 0.273 e. The zero-order chi connectivity index (χ0) is 13.9. The van der Waals surface area contributed by atoms with Crippen LogP contribution in [-0.4, -0.2) is 21.6 Å². The topological polar surface area (TPSA) is 67.2 Å². The van der Waals surface area contributed by atoms with Crippen molar-refractivity contribution in [1.82, 2.24) is 15.4 Å². The highest BCUT2D eigenvalue weighted by Crippen LogP contribution is 2.27. The zero-order valence-corrected chi connectivity index (χ0v) is 11.3. The smallest absolute Gasteiger partial charge is 0.240 e. The molecule has 1 aromatic heterocycles. The van der Waals surface area contributed by atoms with E-state index in [1.807, 2.05) is 12.4 Å². The van der Waals surface area contributed by atoms with Crippen LogP contribution in [0, 0.1) is 11.8 Å². The molecular weight excluding hydrogens is 252 g/mol. The Hall–Kier alpha value is -2.30. The Labute approximate surface area is 117 Å². The Morgan fingerprint density at radius 2 is 2.10 bits per heavy atom. The van der Waals surface area contributed by atoms with Gasteiger partial charge in [0.15, 0.2) is 0 Å². The molecule has 20 heavy (non-hydrogen) atoms. The van der Waals surface area contributed by atoms with Gasteiger partial charge in [-0.15, -0.1) is 0 Å². The van der Waals surface area contributed by atoms with E-state index < -0.39 is 0 Å². The fourth-order valence-corrected chi connectivity index (χ4v) is 2.62. The maximum absolute atomic E-state index is 11.3. The Morgan fingerprint density at radius 1 is 1.30 bits per heavy atom. The normalized spacial score (nSPS) is 25.8. The third-order valence-corrected chi connectivity index (χ3v) is 3.68. The van der Waals surface area contributed by atoms with Gasteiger partial charge in [-0.3, -0.25) is 4.79 Å². The van der Waals surface area contributed by atoms with Gasteiger partial charge in [0.25, 0.3) is 0 Å². The lowest BCUT2D eigenvalue weighted by atomic mass is 9.84. The molecule has 0 bridgehead atoms. The van der Waals surface area contributed by atoms with E-state index >= 15 is 0 Å². The van der Waals surface area contributed by atoms with Crippen molar-refractivity contribution >= 4 is 17.2 Å². The van der Waals surface area contributed by atoms with Gasteiger partial charge in [-0.25, -0.2) is 15.4 Å². The highest BCUT2D eigenvalue weighted by atomic mass is 16.2. The summed E-state index contributed by atoms with van der Waals surface area (Å²) in [6, 6.07) is 0. The quantitative estimate of drug-likeness (QED) is 0.891. The maximum atomic E-state index is 11.3. The van der Waals surface area contributed by atoms with E-state index in [0.29, 0.717) is 6.42 Å². The Kier molecular flexibility index (Phi) is 3.41. The van der Waals surface area contributed by atoms with Crippen LogP contribution >= 0.6 is 0 Å². The summed E-state index contributed by atoms with van der Waals surface area (Å²) in [6.45, 7) is 2.05. The second-order valence-corrected chi connectivity index (χ2v) is 5.16. The second kappa shape index (κ2) is 5.36. The average Bonchev–Trinajstić information content (AvgIpc) is 2.48. The van der Waals surface area contributed by atoms with Crippen LogP contribution < -0.4 is 5.43 Å². The molecular formula is C15H16N4O. The van der Waals surface area contributed by atoms with Crippen LogP contribution in [0.1, 0.15) is 25.3 Å². The predicted molar refractivity (Wildman–Crippen MR) is 76.6 cm³/mol. The number of nitrogens with one attached hydrogen (secondary N) is 1. The maximum Gasteiger partial charge on any atom is 0.240 e. The molecule has 0 fully saturated rings. The minimum atomic E-state index is -0.00120. The van der Waals surface area contributed by atoms with Gasteiger partial charge in [-0.1, -0.05) is 25.2 Å².